The van der Waals surface area contributed by atoms with Crippen LogP contribution in [0.5, 0.6) is 0 Å². The van der Waals surface area contributed by atoms with Crippen LogP contribution in [0.25, 0.3) is 0 Å². The fourth-order valence-electron chi connectivity index (χ4n) is 2.91. The van der Waals surface area contributed by atoms with Gasteiger partial charge in [0.05, 0.1) is 13.0 Å². The van der Waals surface area contributed by atoms with Crippen LogP contribution in [0.15, 0.2) is 28.7 Å². The molecule has 0 spiro atoms. The maximum Gasteiger partial charge on any atom is 0.242 e. The Balaban J connectivity index is 1.83. The van der Waals surface area contributed by atoms with Gasteiger partial charge in [0.2, 0.25) is 11.8 Å². The Hall–Kier alpha value is -1.36. The van der Waals surface area contributed by atoms with Gasteiger partial charge in [-0.3, -0.25) is 9.59 Å². The van der Waals surface area contributed by atoms with Crippen LogP contribution < -0.4 is 5.32 Å². The monoisotopic (exact) mass is 366 g/mol. The van der Waals surface area contributed by atoms with Gasteiger partial charge in [0.15, 0.2) is 0 Å². The topological polar surface area (TPSA) is 49.4 Å². The lowest BCUT2D eigenvalue weighted by atomic mass is 10.00. The zero-order chi connectivity index (χ0) is 15.9. The smallest absolute Gasteiger partial charge is 0.242 e. The first-order valence-electron chi connectivity index (χ1n) is 7.91. The minimum Gasteiger partial charge on any atom is -0.347 e. The molecule has 0 bridgehead atoms. The highest BCUT2D eigenvalue weighted by molar-refractivity contribution is 9.10. The fourth-order valence-corrected chi connectivity index (χ4v) is 3.33. The van der Waals surface area contributed by atoms with Crippen LogP contribution in [0.1, 0.15) is 38.2 Å². The lowest BCUT2D eigenvalue weighted by molar-refractivity contribution is -0.135. The molecule has 0 saturated carbocycles. The number of halogens is 1. The van der Waals surface area contributed by atoms with Crippen LogP contribution in [0.2, 0.25) is 0 Å². The predicted molar refractivity (Wildman–Crippen MR) is 90.5 cm³/mol. The van der Waals surface area contributed by atoms with E-state index in [1.54, 1.807) is 0 Å². The largest absolute Gasteiger partial charge is 0.347 e. The third-order valence-corrected chi connectivity index (χ3v) is 4.94. The van der Waals surface area contributed by atoms with Gasteiger partial charge in [0.25, 0.3) is 0 Å². The molecule has 1 fully saturated rings. The number of amides is 2. The van der Waals surface area contributed by atoms with Crippen molar-refractivity contribution in [2.75, 3.05) is 13.1 Å². The number of rotatable bonds is 5. The highest BCUT2D eigenvalue weighted by atomic mass is 79.9. The summed E-state index contributed by atoms with van der Waals surface area (Å²) in [6.07, 6.45) is 4.60. The second-order valence-electron chi connectivity index (χ2n) is 5.69. The fraction of sp³-hybridized carbons (Fsp3) is 0.529. The first kappa shape index (κ1) is 17.0. The molecular weight excluding hydrogens is 344 g/mol. The number of carbonyl (C=O) groups excluding carboxylic acids is 2. The van der Waals surface area contributed by atoms with E-state index in [9.17, 15) is 9.59 Å². The Morgan fingerprint density at radius 1 is 1.32 bits per heavy atom. The van der Waals surface area contributed by atoms with Crippen molar-refractivity contribution in [3.05, 3.63) is 34.3 Å². The van der Waals surface area contributed by atoms with Gasteiger partial charge in [-0.25, -0.2) is 0 Å². The van der Waals surface area contributed by atoms with Crippen molar-refractivity contribution in [1.82, 2.24) is 10.2 Å². The molecule has 2 amide bonds. The van der Waals surface area contributed by atoms with E-state index in [-0.39, 0.29) is 24.8 Å². The van der Waals surface area contributed by atoms with E-state index >= 15 is 0 Å². The molecule has 1 N–H and O–H groups in total. The zero-order valence-corrected chi connectivity index (χ0v) is 14.6. The Kier molecular flexibility index (Phi) is 6.43. The van der Waals surface area contributed by atoms with Crippen molar-refractivity contribution >= 4 is 27.7 Å². The van der Waals surface area contributed by atoms with E-state index in [4.69, 9.17) is 0 Å². The van der Waals surface area contributed by atoms with E-state index in [2.05, 4.69) is 28.2 Å². The molecular formula is C17H23BrN2O2. The number of likely N-dealkylation sites (tertiary alicyclic amines) is 1. The highest BCUT2D eigenvalue weighted by Gasteiger charge is 2.25. The Morgan fingerprint density at radius 2 is 2.09 bits per heavy atom. The highest BCUT2D eigenvalue weighted by Crippen LogP contribution is 2.19. The number of hydrogen-bond donors (Lipinski definition) is 1. The zero-order valence-electron chi connectivity index (χ0n) is 13.0. The minimum absolute atomic E-state index is 0.0343. The molecule has 0 aromatic heterocycles. The first-order valence-corrected chi connectivity index (χ1v) is 8.70. The summed E-state index contributed by atoms with van der Waals surface area (Å²) in [6, 6.07) is 7.96. The van der Waals surface area contributed by atoms with E-state index in [1.165, 1.54) is 6.42 Å². The predicted octanol–water partition coefficient (Wildman–Crippen LogP) is 2.90. The molecule has 1 aromatic rings. The maximum absolute atomic E-state index is 12.3. The minimum atomic E-state index is -0.120. The molecule has 0 aliphatic carbocycles. The van der Waals surface area contributed by atoms with Gasteiger partial charge in [0.1, 0.15) is 0 Å². The molecule has 1 unspecified atom stereocenters. The molecule has 120 valence electrons. The summed E-state index contributed by atoms with van der Waals surface area (Å²) in [7, 11) is 0. The third kappa shape index (κ3) is 4.57. The Morgan fingerprint density at radius 3 is 2.82 bits per heavy atom. The van der Waals surface area contributed by atoms with Crippen LogP contribution in [0.4, 0.5) is 0 Å². The number of hydrogen-bond acceptors (Lipinski definition) is 2. The first-order chi connectivity index (χ1) is 10.6. The lowest BCUT2D eigenvalue weighted by Crippen LogP contribution is -2.47. The molecule has 1 aromatic carbocycles. The van der Waals surface area contributed by atoms with E-state index in [0.717, 1.165) is 35.8 Å². The summed E-state index contributed by atoms with van der Waals surface area (Å²) in [4.78, 5) is 26.2. The molecule has 1 aliphatic heterocycles. The van der Waals surface area contributed by atoms with Gasteiger partial charge >= 0.3 is 0 Å². The molecule has 1 atom stereocenters. The number of piperidine rings is 1. The molecule has 4 nitrogen and oxygen atoms in total. The summed E-state index contributed by atoms with van der Waals surface area (Å²) >= 11 is 3.43. The second kappa shape index (κ2) is 8.32. The van der Waals surface area contributed by atoms with Crippen molar-refractivity contribution in [2.45, 2.75) is 45.1 Å². The molecule has 5 heteroatoms. The molecule has 2 rings (SSSR count). The van der Waals surface area contributed by atoms with Gasteiger partial charge in [0, 0.05) is 17.1 Å². The molecule has 22 heavy (non-hydrogen) atoms. The summed E-state index contributed by atoms with van der Waals surface area (Å²) in [5.41, 5.74) is 0.928. The van der Waals surface area contributed by atoms with E-state index < -0.39 is 0 Å². The van der Waals surface area contributed by atoms with Crippen molar-refractivity contribution in [3.63, 3.8) is 0 Å². The van der Waals surface area contributed by atoms with Crippen LogP contribution in [-0.4, -0.2) is 35.8 Å². The van der Waals surface area contributed by atoms with Gasteiger partial charge in [-0.15, -0.1) is 0 Å². The number of benzene rings is 1. The summed E-state index contributed by atoms with van der Waals surface area (Å²) in [5.74, 6) is -0.0858. The van der Waals surface area contributed by atoms with Crippen LogP contribution in [-0.2, 0) is 16.0 Å². The van der Waals surface area contributed by atoms with Crippen LogP contribution >= 0.6 is 15.9 Å². The lowest BCUT2D eigenvalue weighted by Gasteiger charge is -2.35. The SMILES string of the molecule is CCC1CCCCN1C(=O)CNC(=O)Cc1ccccc1Br. The maximum atomic E-state index is 12.3. The average molecular weight is 367 g/mol. The third-order valence-electron chi connectivity index (χ3n) is 4.16. The molecule has 1 saturated heterocycles. The van der Waals surface area contributed by atoms with Crippen molar-refractivity contribution in [2.24, 2.45) is 0 Å². The number of carbonyl (C=O) groups is 2. The van der Waals surface area contributed by atoms with Gasteiger partial charge < -0.3 is 10.2 Å². The van der Waals surface area contributed by atoms with Crippen LogP contribution in [0, 0.1) is 0 Å². The van der Waals surface area contributed by atoms with E-state index in [1.807, 2.05) is 29.2 Å². The summed E-state index contributed by atoms with van der Waals surface area (Å²) in [6.45, 7) is 3.03. The summed E-state index contributed by atoms with van der Waals surface area (Å²) < 4.78 is 0.915. The number of nitrogens with zero attached hydrogens (tertiary/aromatic N) is 1. The second-order valence-corrected chi connectivity index (χ2v) is 6.54. The van der Waals surface area contributed by atoms with Gasteiger partial charge in [-0.2, -0.15) is 0 Å². The molecule has 1 heterocycles. The van der Waals surface area contributed by atoms with Gasteiger partial charge in [-0.05, 0) is 37.3 Å². The van der Waals surface area contributed by atoms with Crippen molar-refractivity contribution < 1.29 is 9.59 Å². The normalized spacial score (nSPS) is 18.1. The molecule has 0 radical (unpaired) electrons. The van der Waals surface area contributed by atoms with Crippen molar-refractivity contribution in [3.8, 4) is 0 Å². The Labute approximate surface area is 140 Å². The molecule has 1 aliphatic rings. The van der Waals surface area contributed by atoms with E-state index in [0.29, 0.717) is 6.04 Å². The Bertz CT molecular complexity index is 533. The number of nitrogens with one attached hydrogen (secondary N) is 1. The average Bonchev–Trinajstić information content (AvgIpc) is 2.54. The standard InChI is InChI=1S/C17H23BrN2O2/c1-2-14-8-5-6-10-20(14)17(22)12-19-16(21)11-13-7-3-4-9-15(13)18/h3-4,7,9,14H,2,5-6,8,10-12H2,1H3,(H,19,21). The van der Waals surface area contributed by atoms with Crippen molar-refractivity contribution in [1.29, 1.82) is 0 Å². The van der Waals surface area contributed by atoms with Gasteiger partial charge in [-0.1, -0.05) is 41.1 Å². The summed E-state index contributed by atoms with van der Waals surface area (Å²) in [5, 5.41) is 2.75. The quantitative estimate of drug-likeness (QED) is 0.870. The van der Waals surface area contributed by atoms with Crippen LogP contribution in [0.3, 0.4) is 0 Å².